The van der Waals surface area contributed by atoms with Crippen molar-refractivity contribution in [1.82, 2.24) is 9.80 Å². The molecular formula is C39H68F10N2O2. The fourth-order valence-electron chi connectivity index (χ4n) is 6.22. The van der Waals surface area contributed by atoms with E-state index in [-0.39, 0.29) is 35.5 Å². The van der Waals surface area contributed by atoms with Gasteiger partial charge in [0.05, 0.1) is 0 Å². The van der Waals surface area contributed by atoms with Gasteiger partial charge >= 0.3 is 29.6 Å². The van der Waals surface area contributed by atoms with Gasteiger partial charge in [0.1, 0.15) is 0 Å². The van der Waals surface area contributed by atoms with E-state index in [9.17, 15) is 9.59 Å². The number of amides is 2. The maximum absolute atomic E-state index is 15.3. The lowest BCUT2D eigenvalue weighted by Crippen LogP contribution is -2.72. The summed E-state index contributed by atoms with van der Waals surface area (Å²) < 4.78 is 152. The smallest absolute Gasteiger partial charge is 0.337 e. The summed E-state index contributed by atoms with van der Waals surface area (Å²) in [7, 11) is 0. The van der Waals surface area contributed by atoms with Crippen LogP contribution in [0.4, 0.5) is 43.9 Å². The van der Waals surface area contributed by atoms with E-state index in [1.807, 2.05) is 27.7 Å². The summed E-state index contributed by atoms with van der Waals surface area (Å²) in [6, 6.07) is 0. The standard InChI is InChI=1S/C39H68F10N2O2/c1-5-9-13-17-21-25-29-50(30-26-22-18-14-10-6-2)33(52)35(40,41)37(44,45)39(48,49)38(46,47)36(42,43)34(53)51(31-27-23-19-15-11-7-3)32-28-24-20-16-12-8-4/h5-32H2,1-4H3. The van der Waals surface area contributed by atoms with Gasteiger partial charge in [-0.05, 0) is 25.7 Å². The molecule has 0 N–H and O–H groups in total. The Bertz CT molecular complexity index is 876. The van der Waals surface area contributed by atoms with Crippen LogP contribution in [-0.4, -0.2) is 77.4 Å². The van der Waals surface area contributed by atoms with Crippen LogP contribution in [0.2, 0.25) is 0 Å². The average molecular weight is 787 g/mol. The summed E-state index contributed by atoms with van der Waals surface area (Å²) in [6.45, 7) is 5.69. The van der Waals surface area contributed by atoms with Gasteiger partial charge in [-0.25, -0.2) is 0 Å². The van der Waals surface area contributed by atoms with E-state index in [2.05, 4.69) is 0 Å². The van der Waals surface area contributed by atoms with Crippen LogP contribution < -0.4 is 0 Å². The summed E-state index contributed by atoms with van der Waals surface area (Å²) in [4.78, 5) is 26.3. The van der Waals surface area contributed by atoms with Gasteiger partial charge < -0.3 is 9.80 Å². The zero-order valence-corrected chi connectivity index (χ0v) is 32.8. The van der Waals surface area contributed by atoms with Crippen molar-refractivity contribution in [3.05, 3.63) is 0 Å². The normalized spacial score (nSPS) is 13.1. The van der Waals surface area contributed by atoms with E-state index >= 15 is 43.9 Å². The second kappa shape index (κ2) is 26.2. The summed E-state index contributed by atoms with van der Waals surface area (Å²) in [5.41, 5.74) is 0. The van der Waals surface area contributed by atoms with Crippen LogP contribution in [0.1, 0.15) is 182 Å². The molecule has 0 aliphatic carbocycles. The zero-order chi connectivity index (χ0) is 40.6. The number of alkyl halides is 10. The molecule has 0 spiro atoms. The van der Waals surface area contributed by atoms with E-state index in [0.717, 1.165) is 77.0 Å². The summed E-state index contributed by atoms with van der Waals surface area (Å²) in [6.07, 6.45) is 14.5. The number of halogens is 10. The van der Waals surface area contributed by atoms with Crippen molar-refractivity contribution >= 4 is 11.8 Å². The highest BCUT2D eigenvalue weighted by Gasteiger charge is 2.89. The monoisotopic (exact) mass is 787 g/mol. The van der Waals surface area contributed by atoms with Crippen LogP contribution in [0.15, 0.2) is 0 Å². The molecular weight excluding hydrogens is 718 g/mol. The second-order valence-electron chi connectivity index (χ2n) is 14.5. The molecule has 0 aromatic carbocycles. The van der Waals surface area contributed by atoms with Crippen LogP contribution >= 0.6 is 0 Å². The first kappa shape index (κ1) is 51.2. The fraction of sp³-hybridized carbons (Fsp3) is 0.949. The highest BCUT2D eigenvalue weighted by Crippen LogP contribution is 2.57. The van der Waals surface area contributed by atoms with E-state index in [4.69, 9.17) is 0 Å². The van der Waals surface area contributed by atoms with E-state index in [1.54, 1.807) is 0 Å². The lowest BCUT2D eigenvalue weighted by molar-refractivity contribution is -0.389. The molecule has 0 saturated carbocycles. The van der Waals surface area contributed by atoms with Gasteiger partial charge in [-0.2, -0.15) is 43.9 Å². The van der Waals surface area contributed by atoms with E-state index in [0.29, 0.717) is 51.4 Å². The molecule has 2 amide bonds. The number of nitrogens with zero attached hydrogens (tertiary/aromatic N) is 2. The lowest BCUT2D eigenvalue weighted by Gasteiger charge is -2.40. The average Bonchev–Trinajstić information content (AvgIpc) is 3.11. The quantitative estimate of drug-likeness (QED) is 0.0481. The van der Waals surface area contributed by atoms with Crippen LogP contribution in [0, 0.1) is 0 Å². The Labute approximate surface area is 312 Å². The van der Waals surface area contributed by atoms with E-state index in [1.165, 1.54) is 0 Å². The molecule has 0 radical (unpaired) electrons. The van der Waals surface area contributed by atoms with Gasteiger partial charge in [-0.3, -0.25) is 9.59 Å². The summed E-state index contributed by atoms with van der Waals surface area (Å²) in [5.74, 6) is -40.8. The predicted octanol–water partition coefficient (Wildman–Crippen LogP) is 13.3. The largest absolute Gasteiger partial charge is 0.392 e. The van der Waals surface area contributed by atoms with Crippen molar-refractivity contribution in [3.8, 4) is 0 Å². The third kappa shape index (κ3) is 15.7. The molecule has 0 aromatic heterocycles. The first-order valence-corrected chi connectivity index (χ1v) is 20.3. The maximum atomic E-state index is 15.3. The summed E-state index contributed by atoms with van der Waals surface area (Å²) >= 11 is 0. The number of hydrogen-bond donors (Lipinski definition) is 0. The van der Waals surface area contributed by atoms with Gasteiger partial charge in [0.2, 0.25) is 0 Å². The van der Waals surface area contributed by atoms with Crippen molar-refractivity contribution in [2.24, 2.45) is 0 Å². The Morgan fingerprint density at radius 3 is 0.717 bits per heavy atom. The van der Waals surface area contributed by atoms with Gasteiger partial charge in [-0.15, -0.1) is 0 Å². The Hall–Kier alpha value is -1.76. The minimum atomic E-state index is -7.50. The molecule has 0 aromatic rings. The topological polar surface area (TPSA) is 40.6 Å². The molecule has 4 nitrogen and oxygen atoms in total. The number of unbranched alkanes of at least 4 members (excludes halogenated alkanes) is 20. The minimum Gasteiger partial charge on any atom is -0.337 e. The first-order valence-electron chi connectivity index (χ1n) is 20.3. The summed E-state index contributed by atoms with van der Waals surface area (Å²) in [5, 5.41) is 0. The Kier molecular flexibility index (Phi) is 25.3. The maximum Gasteiger partial charge on any atom is 0.392 e. The van der Waals surface area contributed by atoms with Gasteiger partial charge in [0.15, 0.2) is 0 Å². The molecule has 0 aliphatic rings. The van der Waals surface area contributed by atoms with Crippen molar-refractivity contribution in [1.29, 1.82) is 0 Å². The molecule has 0 rings (SSSR count). The molecule has 0 aliphatic heterocycles. The van der Waals surface area contributed by atoms with Gasteiger partial charge in [-0.1, -0.05) is 156 Å². The first-order chi connectivity index (χ1) is 24.9. The molecule has 14 heteroatoms. The lowest BCUT2D eigenvalue weighted by atomic mass is 9.92. The van der Waals surface area contributed by atoms with Crippen LogP contribution in [0.3, 0.4) is 0 Å². The third-order valence-corrected chi connectivity index (χ3v) is 9.82. The number of carbonyl (C=O) groups is 2. The molecule has 0 saturated heterocycles. The predicted molar refractivity (Wildman–Crippen MR) is 191 cm³/mol. The van der Waals surface area contributed by atoms with Crippen LogP contribution in [-0.2, 0) is 9.59 Å². The van der Waals surface area contributed by atoms with E-state index < -0.39 is 67.6 Å². The number of hydrogen-bond acceptors (Lipinski definition) is 2. The van der Waals surface area contributed by atoms with Crippen molar-refractivity contribution < 1.29 is 53.5 Å². The fourth-order valence-corrected chi connectivity index (χ4v) is 6.22. The highest BCUT2D eigenvalue weighted by atomic mass is 19.4. The Morgan fingerprint density at radius 2 is 0.509 bits per heavy atom. The second-order valence-corrected chi connectivity index (χ2v) is 14.5. The SMILES string of the molecule is CCCCCCCCN(CCCCCCCC)C(=O)C(F)(F)C(F)(F)C(F)(F)C(F)(F)C(F)(F)C(=O)N(CCCCCCCC)CCCCCCCC. The van der Waals surface area contributed by atoms with Crippen LogP contribution in [0.25, 0.3) is 0 Å². The van der Waals surface area contributed by atoms with Crippen LogP contribution in [0.5, 0.6) is 0 Å². The molecule has 0 bridgehead atoms. The van der Waals surface area contributed by atoms with Crippen molar-refractivity contribution in [3.63, 3.8) is 0 Å². The third-order valence-electron chi connectivity index (χ3n) is 9.82. The molecule has 0 unspecified atom stereocenters. The molecule has 53 heavy (non-hydrogen) atoms. The zero-order valence-electron chi connectivity index (χ0n) is 32.8. The number of carbonyl (C=O) groups excluding carboxylic acids is 2. The minimum absolute atomic E-state index is 0.0547. The van der Waals surface area contributed by atoms with Crippen molar-refractivity contribution in [2.45, 2.75) is 211 Å². The number of rotatable bonds is 34. The Balaban J connectivity index is 6.25. The van der Waals surface area contributed by atoms with Gasteiger partial charge in [0.25, 0.3) is 11.8 Å². The molecule has 316 valence electrons. The Morgan fingerprint density at radius 1 is 0.321 bits per heavy atom. The van der Waals surface area contributed by atoms with Crippen molar-refractivity contribution in [2.75, 3.05) is 26.2 Å². The molecule has 0 fully saturated rings. The molecule has 0 atom stereocenters. The molecule has 0 heterocycles. The highest BCUT2D eigenvalue weighted by molar-refractivity contribution is 5.86. The van der Waals surface area contributed by atoms with Gasteiger partial charge in [0, 0.05) is 26.2 Å².